The van der Waals surface area contributed by atoms with Gasteiger partial charge in [0.25, 0.3) is 0 Å². The Labute approximate surface area is 411 Å². The summed E-state index contributed by atoms with van der Waals surface area (Å²) < 4.78 is 5.44. The third-order valence-corrected chi connectivity index (χ3v) is 13.4. The second-order valence-corrected chi connectivity index (χ2v) is 20.0. The molecule has 0 bridgehead atoms. The van der Waals surface area contributed by atoms with Gasteiger partial charge in [-0.05, 0) is 77.0 Å². The van der Waals surface area contributed by atoms with E-state index in [1.165, 1.54) is 212 Å². The van der Waals surface area contributed by atoms with Gasteiger partial charge in [0.15, 0.2) is 0 Å². The molecule has 0 aromatic carbocycles. The molecule has 0 aliphatic heterocycles. The zero-order chi connectivity index (χ0) is 47.9. The quantitative estimate of drug-likeness (QED) is 0.0321. The fraction of sp³-hybridized carbons (Fsp3) is 0.867. The molecule has 0 aromatic heterocycles. The highest BCUT2D eigenvalue weighted by Crippen LogP contribution is 2.17. The van der Waals surface area contributed by atoms with Gasteiger partial charge in [0.1, 0.15) is 0 Å². The topological polar surface area (TPSA) is 95.9 Å². The standard InChI is InChI=1S/C60H113NO5/c1-3-5-7-9-11-13-15-16-17-18-19-20-21-22-23-24-25-26-27-29-33-36-40-44-48-52-58(63)57(56-62)61-59(64)53-49-45-41-37-34-30-28-31-35-39-43-47-51-55-66-60(65)54-50-46-42-38-32-14-12-10-8-6-4-2/h10,12,30,34,48,52,57-58,62-63H,3-9,11,13-29,31-33,35-47,49-51,53-56H2,1-2H3,(H,61,64)/b12-10-,34-30-,52-48+. The van der Waals surface area contributed by atoms with Gasteiger partial charge in [0.2, 0.25) is 5.91 Å². The lowest BCUT2D eigenvalue weighted by Gasteiger charge is -2.19. The molecule has 6 heteroatoms. The van der Waals surface area contributed by atoms with Crippen LogP contribution in [-0.4, -0.2) is 47.4 Å². The van der Waals surface area contributed by atoms with E-state index in [0.717, 1.165) is 70.6 Å². The number of carbonyl (C=O) groups is 2. The van der Waals surface area contributed by atoms with E-state index < -0.39 is 12.1 Å². The van der Waals surface area contributed by atoms with Gasteiger partial charge in [-0.15, -0.1) is 0 Å². The zero-order valence-corrected chi connectivity index (χ0v) is 44.2. The maximum Gasteiger partial charge on any atom is 0.305 e. The molecule has 2 atom stereocenters. The number of hydrogen-bond acceptors (Lipinski definition) is 5. The molecule has 0 saturated carbocycles. The Balaban J connectivity index is 3.53. The van der Waals surface area contributed by atoms with Crippen molar-refractivity contribution in [3.63, 3.8) is 0 Å². The summed E-state index contributed by atoms with van der Waals surface area (Å²) >= 11 is 0. The van der Waals surface area contributed by atoms with Gasteiger partial charge in [-0.3, -0.25) is 9.59 Å². The van der Waals surface area contributed by atoms with E-state index in [9.17, 15) is 19.8 Å². The smallest absolute Gasteiger partial charge is 0.305 e. The number of amides is 1. The van der Waals surface area contributed by atoms with Crippen molar-refractivity contribution in [2.75, 3.05) is 13.2 Å². The Morgan fingerprint density at radius 3 is 1.14 bits per heavy atom. The van der Waals surface area contributed by atoms with Crippen LogP contribution < -0.4 is 5.32 Å². The van der Waals surface area contributed by atoms with Crippen LogP contribution in [0.25, 0.3) is 0 Å². The SMILES string of the molecule is CCCC/C=C\CCCCCCCC(=O)OCCCCCCCC/C=C\CCCCCC(=O)NC(CO)C(O)/C=C/CCCCCCCCCCCCCCCCCCCCCCCCC. The number of carbonyl (C=O) groups excluding carboxylic acids is 2. The van der Waals surface area contributed by atoms with Gasteiger partial charge < -0.3 is 20.3 Å². The van der Waals surface area contributed by atoms with E-state index >= 15 is 0 Å². The summed E-state index contributed by atoms with van der Waals surface area (Å²) in [6, 6.07) is -0.650. The lowest BCUT2D eigenvalue weighted by atomic mass is 10.0. The first-order chi connectivity index (χ1) is 32.5. The molecule has 0 aliphatic carbocycles. The van der Waals surface area contributed by atoms with E-state index in [1.54, 1.807) is 6.08 Å². The molecule has 0 heterocycles. The fourth-order valence-corrected chi connectivity index (χ4v) is 8.84. The first-order valence-corrected chi connectivity index (χ1v) is 29.3. The number of hydrogen-bond donors (Lipinski definition) is 3. The van der Waals surface area contributed by atoms with Crippen LogP contribution in [0.2, 0.25) is 0 Å². The van der Waals surface area contributed by atoms with E-state index in [-0.39, 0.29) is 18.5 Å². The molecule has 0 fully saturated rings. The number of ether oxygens (including phenoxy) is 1. The van der Waals surface area contributed by atoms with Crippen LogP contribution in [0.5, 0.6) is 0 Å². The van der Waals surface area contributed by atoms with E-state index in [0.29, 0.717) is 19.4 Å². The summed E-state index contributed by atoms with van der Waals surface area (Å²) in [5.74, 6) is -0.121. The zero-order valence-electron chi connectivity index (χ0n) is 44.2. The highest BCUT2D eigenvalue weighted by atomic mass is 16.5. The Morgan fingerprint density at radius 1 is 0.409 bits per heavy atom. The van der Waals surface area contributed by atoms with Crippen molar-refractivity contribution in [1.82, 2.24) is 5.32 Å². The molecule has 0 radical (unpaired) electrons. The minimum absolute atomic E-state index is 0.0249. The van der Waals surface area contributed by atoms with Crippen molar-refractivity contribution in [3.05, 3.63) is 36.5 Å². The molecule has 1 amide bonds. The average Bonchev–Trinajstić information content (AvgIpc) is 3.32. The summed E-state index contributed by atoms with van der Waals surface area (Å²) in [5.41, 5.74) is 0. The molecule has 0 saturated heterocycles. The number of rotatable bonds is 54. The largest absolute Gasteiger partial charge is 0.466 e. The fourth-order valence-electron chi connectivity index (χ4n) is 8.84. The van der Waals surface area contributed by atoms with Crippen LogP contribution in [0.3, 0.4) is 0 Å². The highest BCUT2D eigenvalue weighted by Gasteiger charge is 2.18. The van der Waals surface area contributed by atoms with Crippen LogP contribution in [0, 0.1) is 0 Å². The monoisotopic (exact) mass is 928 g/mol. The summed E-state index contributed by atoms with van der Waals surface area (Å²) in [5, 5.41) is 23.2. The molecular weight excluding hydrogens is 815 g/mol. The van der Waals surface area contributed by atoms with E-state index in [4.69, 9.17) is 4.74 Å². The van der Waals surface area contributed by atoms with Crippen molar-refractivity contribution >= 4 is 11.9 Å². The summed E-state index contributed by atoms with van der Waals surface area (Å²) in [7, 11) is 0. The summed E-state index contributed by atoms with van der Waals surface area (Å²) in [4.78, 5) is 24.5. The van der Waals surface area contributed by atoms with Crippen molar-refractivity contribution in [2.24, 2.45) is 0 Å². The predicted octanol–water partition coefficient (Wildman–Crippen LogP) is 18.0. The molecule has 2 unspecified atom stereocenters. The van der Waals surface area contributed by atoms with E-state index in [1.807, 2.05) is 6.08 Å². The number of nitrogens with one attached hydrogen (secondary N) is 1. The lowest BCUT2D eigenvalue weighted by Crippen LogP contribution is -2.45. The second-order valence-electron chi connectivity index (χ2n) is 20.0. The van der Waals surface area contributed by atoms with E-state index in [2.05, 4.69) is 43.5 Å². The molecule has 3 N–H and O–H groups in total. The lowest BCUT2D eigenvalue weighted by molar-refractivity contribution is -0.143. The molecule has 0 spiro atoms. The third kappa shape index (κ3) is 51.5. The van der Waals surface area contributed by atoms with Crippen molar-refractivity contribution in [3.8, 4) is 0 Å². The van der Waals surface area contributed by atoms with Gasteiger partial charge in [0, 0.05) is 12.8 Å². The highest BCUT2D eigenvalue weighted by molar-refractivity contribution is 5.76. The average molecular weight is 929 g/mol. The van der Waals surface area contributed by atoms with Gasteiger partial charge >= 0.3 is 5.97 Å². The van der Waals surface area contributed by atoms with Gasteiger partial charge in [-0.25, -0.2) is 0 Å². The number of unbranched alkanes of at least 4 members (excludes halogenated alkanes) is 39. The van der Waals surface area contributed by atoms with Crippen LogP contribution in [-0.2, 0) is 14.3 Å². The van der Waals surface area contributed by atoms with Gasteiger partial charge in [-0.1, -0.05) is 256 Å². The Kier molecular flexibility index (Phi) is 54.1. The molecule has 388 valence electrons. The summed E-state index contributed by atoms with van der Waals surface area (Å²) in [6.45, 7) is 4.83. The predicted molar refractivity (Wildman–Crippen MR) is 287 cm³/mol. The Bertz CT molecular complexity index is 1070. The van der Waals surface area contributed by atoms with Gasteiger partial charge in [0.05, 0.1) is 25.4 Å². The molecule has 0 aliphatic rings. The third-order valence-electron chi connectivity index (χ3n) is 13.4. The molecule has 6 nitrogen and oxygen atoms in total. The van der Waals surface area contributed by atoms with Crippen molar-refractivity contribution < 1.29 is 24.5 Å². The molecular formula is C60H113NO5. The number of allylic oxidation sites excluding steroid dienone is 5. The first-order valence-electron chi connectivity index (χ1n) is 29.3. The maximum atomic E-state index is 12.5. The van der Waals surface area contributed by atoms with Crippen LogP contribution in [0.15, 0.2) is 36.5 Å². The Hall–Kier alpha value is -1.92. The van der Waals surface area contributed by atoms with Gasteiger partial charge in [-0.2, -0.15) is 0 Å². The maximum absolute atomic E-state index is 12.5. The molecule has 66 heavy (non-hydrogen) atoms. The van der Waals surface area contributed by atoms with Crippen molar-refractivity contribution in [2.45, 2.75) is 321 Å². The summed E-state index contributed by atoms with van der Waals surface area (Å²) in [6.07, 6.45) is 68.9. The van der Waals surface area contributed by atoms with Crippen LogP contribution in [0.4, 0.5) is 0 Å². The molecule has 0 aromatic rings. The minimum atomic E-state index is -0.863. The molecule has 0 rings (SSSR count). The van der Waals surface area contributed by atoms with Crippen LogP contribution >= 0.6 is 0 Å². The van der Waals surface area contributed by atoms with Crippen molar-refractivity contribution in [1.29, 1.82) is 0 Å². The Morgan fingerprint density at radius 2 is 0.727 bits per heavy atom. The van der Waals surface area contributed by atoms with Crippen LogP contribution in [0.1, 0.15) is 309 Å². The first kappa shape index (κ1) is 64.1. The number of esters is 1. The number of aliphatic hydroxyl groups is 2. The second kappa shape index (κ2) is 55.7. The minimum Gasteiger partial charge on any atom is -0.466 e. The number of aliphatic hydroxyl groups excluding tert-OH is 2. The normalized spacial score (nSPS) is 12.8.